The maximum Gasteiger partial charge on any atom is 0.0669 e. The van der Waals surface area contributed by atoms with Crippen molar-refractivity contribution >= 4 is 5.69 Å². The molecule has 0 spiro atoms. The first-order chi connectivity index (χ1) is 7.79. The predicted octanol–water partition coefficient (Wildman–Crippen LogP) is 2.99. The third-order valence-corrected chi connectivity index (χ3v) is 3.34. The van der Waals surface area contributed by atoms with Crippen molar-refractivity contribution in [3.05, 3.63) is 29.8 Å². The van der Waals surface area contributed by atoms with Crippen molar-refractivity contribution in [2.24, 2.45) is 5.92 Å². The highest BCUT2D eigenvalue weighted by atomic mass is 15.1. The molecule has 1 aromatic rings. The number of nitriles is 1. The van der Waals surface area contributed by atoms with Gasteiger partial charge in [-0.15, -0.1) is 0 Å². The average Bonchev–Trinajstić information content (AvgIpc) is 2.31. The molecule has 1 aliphatic rings. The monoisotopic (exact) mass is 214 g/mol. The molecule has 1 aliphatic heterocycles. The van der Waals surface area contributed by atoms with E-state index in [0.29, 0.717) is 6.42 Å². The van der Waals surface area contributed by atoms with Gasteiger partial charge in [0, 0.05) is 18.8 Å². The van der Waals surface area contributed by atoms with Crippen LogP contribution < -0.4 is 4.90 Å². The maximum atomic E-state index is 8.69. The van der Waals surface area contributed by atoms with E-state index in [1.165, 1.54) is 18.5 Å². The van der Waals surface area contributed by atoms with Crippen molar-refractivity contribution in [3.63, 3.8) is 0 Å². The first kappa shape index (κ1) is 11.0. The maximum absolute atomic E-state index is 8.69. The molecule has 0 aromatic heterocycles. The third kappa shape index (κ3) is 2.55. The summed E-state index contributed by atoms with van der Waals surface area (Å²) < 4.78 is 0. The molecule has 0 saturated carbocycles. The van der Waals surface area contributed by atoms with Gasteiger partial charge in [-0.3, -0.25) is 0 Å². The molecule has 16 heavy (non-hydrogen) atoms. The van der Waals surface area contributed by atoms with Gasteiger partial charge in [-0.1, -0.05) is 19.1 Å². The highest BCUT2D eigenvalue weighted by Crippen LogP contribution is 2.23. The van der Waals surface area contributed by atoms with Crippen LogP contribution in [0.1, 0.15) is 25.3 Å². The average molecular weight is 214 g/mol. The smallest absolute Gasteiger partial charge is 0.0669 e. The van der Waals surface area contributed by atoms with Gasteiger partial charge in [0.25, 0.3) is 0 Å². The zero-order valence-corrected chi connectivity index (χ0v) is 9.82. The van der Waals surface area contributed by atoms with Crippen molar-refractivity contribution in [1.82, 2.24) is 0 Å². The fraction of sp³-hybridized carbons (Fsp3) is 0.500. The van der Waals surface area contributed by atoms with E-state index in [-0.39, 0.29) is 0 Å². The van der Waals surface area contributed by atoms with Crippen LogP contribution in [-0.2, 0) is 6.42 Å². The summed E-state index contributed by atoms with van der Waals surface area (Å²) in [7, 11) is 0. The van der Waals surface area contributed by atoms with Crippen molar-refractivity contribution < 1.29 is 0 Å². The number of nitrogens with zero attached hydrogens (tertiary/aromatic N) is 2. The second kappa shape index (κ2) is 5.03. The van der Waals surface area contributed by atoms with Gasteiger partial charge in [-0.25, -0.2) is 0 Å². The number of hydrogen-bond donors (Lipinski definition) is 0. The molecule has 2 rings (SSSR count). The standard InChI is InChI=1S/C14H18N2/c1-12-6-9-16(10-7-12)14-4-2-3-13(11-14)5-8-15/h2-4,11-12H,5-7,9-10H2,1H3. The van der Waals surface area contributed by atoms with Gasteiger partial charge in [-0.05, 0) is 36.5 Å². The van der Waals surface area contributed by atoms with Crippen LogP contribution in [0.3, 0.4) is 0 Å². The summed E-state index contributed by atoms with van der Waals surface area (Å²) in [4.78, 5) is 2.43. The van der Waals surface area contributed by atoms with E-state index >= 15 is 0 Å². The van der Waals surface area contributed by atoms with E-state index in [4.69, 9.17) is 5.26 Å². The summed E-state index contributed by atoms with van der Waals surface area (Å²) in [6.45, 7) is 4.62. The summed E-state index contributed by atoms with van der Waals surface area (Å²) in [5, 5.41) is 8.69. The molecule has 84 valence electrons. The van der Waals surface area contributed by atoms with E-state index in [2.05, 4.69) is 36.1 Å². The Morgan fingerprint density at radius 1 is 1.38 bits per heavy atom. The second-order valence-corrected chi connectivity index (χ2v) is 4.67. The van der Waals surface area contributed by atoms with Crippen LogP contribution >= 0.6 is 0 Å². The van der Waals surface area contributed by atoms with Gasteiger partial charge in [0.15, 0.2) is 0 Å². The topological polar surface area (TPSA) is 27.0 Å². The lowest BCUT2D eigenvalue weighted by Gasteiger charge is -2.32. The van der Waals surface area contributed by atoms with Gasteiger partial charge in [0.2, 0.25) is 0 Å². The first-order valence-electron chi connectivity index (χ1n) is 6.00. The zero-order valence-electron chi connectivity index (χ0n) is 9.82. The number of hydrogen-bond acceptors (Lipinski definition) is 2. The number of benzene rings is 1. The molecule has 1 fully saturated rings. The number of piperidine rings is 1. The number of rotatable bonds is 2. The minimum atomic E-state index is 0.512. The Morgan fingerprint density at radius 3 is 2.81 bits per heavy atom. The molecule has 0 amide bonds. The normalized spacial score (nSPS) is 17.1. The van der Waals surface area contributed by atoms with Crippen LogP contribution in [0.2, 0.25) is 0 Å². The Labute approximate surface area is 97.5 Å². The van der Waals surface area contributed by atoms with Gasteiger partial charge in [0.1, 0.15) is 0 Å². The molecule has 0 aliphatic carbocycles. The molecule has 0 N–H and O–H groups in total. The SMILES string of the molecule is CC1CCN(c2cccc(CC#N)c2)CC1. The lowest BCUT2D eigenvalue weighted by molar-refractivity contribution is 0.438. The molecule has 0 bridgehead atoms. The minimum absolute atomic E-state index is 0.512. The molecule has 1 heterocycles. The van der Waals surface area contributed by atoms with Gasteiger partial charge >= 0.3 is 0 Å². The molecular formula is C14H18N2. The number of anilines is 1. The van der Waals surface area contributed by atoms with Crippen LogP contribution in [0.15, 0.2) is 24.3 Å². The summed E-state index contributed by atoms with van der Waals surface area (Å²) in [5.41, 5.74) is 2.40. The fourth-order valence-electron chi connectivity index (χ4n) is 2.22. The Balaban J connectivity index is 2.09. The van der Waals surface area contributed by atoms with Crippen molar-refractivity contribution in [2.75, 3.05) is 18.0 Å². The lowest BCUT2D eigenvalue weighted by atomic mass is 9.98. The van der Waals surface area contributed by atoms with E-state index in [1.807, 2.05) is 6.07 Å². The summed E-state index contributed by atoms with van der Waals surface area (Å²) in [5.74, 6) is 0.860. The van der Waals surface area contributed by atoms with Crippen molar-refractivity contribution in [3.8, 4) is 6.07 Å². The molecular weight excluding hydrogens is 196 g/mol. The van der Waals surface area contributed by atoms with Crippen molar-refractivity contribution in [2.45, 2.75) is 26.2 Å². The molecule has 2 nitrogen and oxygen atoms in total. The van der Waals surface area contributed by atoms with Crippen LogP contribution in [-0.4, -0.2) is 13.1 Å². The fourth-order valence-corrected chi connectivity index (χ4v) is 2.22. The van der Waals surface area contributed by atoms with Gasteiger partial charge < -0.3 is 4.90 Å². The first-order valence-corrected chi connectivity index (χ1v) is 6.00. The Morgan fingerprint density at radius 2 is 2.12 bits per heavy atom. The highest BCUT2D eigenvalue weighted by molar-refractivity contribution is 5.49. The molecule has 0 radical (unpaired) electrons. The molecule has 1 saturated heterocycles. The predicted molar refractivity (Wildman–Crippen MR) is 66.4 cm³/mol. The van der Waals surface area contributed by atoms with Crippen LogP contribution in [0.5, 0.6) is 0 Å². The van der Waals surface area contributed by atoms with E-state index in [1.54, 1.807) is 0 Å². The second-order valence-electron chi connectivity index (χ2n) is 4.67. The Bertz CT molecular complexity index is 384. The summed E-state index contributed by atoms with van der Waals surface area (Å²) in [6.07, 6.45) is 3.07. The highest BCUT2D eigenvalue weighted by Gasteiger charge is 2.15. The lowest BCUT2D eigenvalue weighted by Crippen LogP contribution is -2.32. The Hall–Kier alpha value is -1.49. The van der Waals surface area contributed by atoms with Gasteiger partial charge in [0.05, 0.1) is 12.5 Å². The minimum Gasteiger partial charge on any atom is -0.372 e. The summed E-state index contributed by atoms with van der Waals surface area (Å²) >= 11 is 0. The van der Waals surface area contributed by atoms with E-state index in [9.17, 15) is 0 Å². The van der Waals surface area contributed by atoms with Crippen LogP contribution in [0, 0.1) is 17.2 Å². The molecule has 2 heteroatoms. The van der Waals surface area contributed by atoms with Crippen molar-refractivity contribution in [1.29, 1.82) is 5.26 Å². The molecule has 1 aromatic carbocycles. The zero-order chi connectivity index (χ0) is 11.4. The quantitative estimate of drug-likeness (QED) is 0.756. The van der Waals surface area contributed by atoms with Crippen LogP contribution in [0.4, 0.5) is 5.69 Å². The third-order valence-electron chi connectivity index (χ3n) is 3.34. The van der Waals surface area contributed by atoms with E-state index < -0.39 is 0 Å². The summed E-state index contributed by atoms with van der Waals surface area (Å²) in [6, 6.07) is 10.6. The van der Waals surface area contributed by atoms with Gasteiger partial charge in [-0.2, -0.15) is 5.26 Å². The largest absolute Gasteiger partial charge is 0.372 e. The van der Waals surface area contributed by atoms with Crippen LogP contribution in [0.25, 0.3) is 0 Å². The molecule has 0 unspecified atom stereocenters. The Kier molecular flexibility index (Phi) is 3.46. The van der Waals surface area contributed by atoms with E-state index in [0.717, 1.165) is 24.6 Å². The molecule has 0 atom stereocenters.